The van der Waals surface area contributed by atoms with Crippen molar-refractivity contribution in [3.05, 3.63) is 36.4 Å². The Morgan fingerprint density at radius 1 is 0.812 bits per heavy atom. The molecular weight excluding hydrogens is 436 g/mol. The molecular formula is C22H30N2O7S. The minimum Gasteiger partial charge on any atom is -0.497 e. The van der Waals surface area contributed by atoms with Gasteiger partial charge in [0.15, 0.2) is 11.5 Å². The Bertz CT molecular complexity index is 1040. The third-order valence-electron chi connectivity index (χ3n) is 4.99. The second-order valence-corrected chi connectivity index (χ2v) is 8.49. The number of nitrogens with zero attached hydrogens (tertiary/aromatic N) is 2. The number of carbonyl (C=O) groups excluding carboxylic acids is 1. The average Bonchev–Trinajstić information content (AvgIpc) is 2.82. The van der Waals surface area contributed by atoms with Crippen LogP contribution in [0, 0.1) is 0 Å². The predicted molar refractivity (Wildman–Crippen MR) is 122 cm³/mol. The van der Waals surface area contributed by atoms with Crippen LogP contribution in [0.4, 0.5) is 5.69 Å². The summed E-state index contributed by atoms with van der Waals surface area (Å²) in [5, 5.41) is 0. The van der Waals surface area contributed by atoms with Crippen LogP contribution in [-0.2, 0) is 14.8 Å². The minimum absolute atomic E-state index is 0.0626. The standard InChI is InChI=1S/C22H30N2O7S/c1-7-23(8-2)22(25)15-24(18-13-16(28-3)9-11-19(18)29-4)32(26,27)17-10-12-20(30-5)21(14-17)31-6/h9-14H,7-8,15H2,1-6H3. The zero-order valence-corrected chi connectivity index (χ0v) is 20.1. The molecule has 2 rings (SSSR count). The fraction of sp³-hybridized carbons (Fsp3) is 0.409. The maximum absolute atomic E-state index is 13.8. The number of benzene rings is 2. The first kappa shape index (κ1) is 25.1. The minimum atomic E-state index is -4.20. The van der Waals surface area contributed by atoms with E-state index in [1.54, 1.807) is 17.0 Å². The lowest BCUT2D eigenvalue weighted by atomic mass is 10.2. The van der Waals surface area contributed by atoms with Crippen molar-refractivity contribution in [2.75, 3.05) is 52.4 Å². The van der Waals surface area contributed by atoms with Crippen LogP contribution in [0.15, 0.2) is 41.3 Å². The summed E-state index contributed by atoms with van der Waals surface area (Å²) in [5.74, 6) is 0.993. The molecule has 2 aromatic carbocycles. The maximum Gasteiger partial charge on any atom is 0.265 e. The number of hydrogen-bond acceptors (Lipinski definition) is 7. The van der Waals surface area contributed by atoms with Crippen LogP contribution in [0.25, 0.3) is 0 Å². The number of likely N-dealkylation sites (N-methyl/N-ethyl adjacent to an activating group) is 1. The molecule has 10 heteroatoms. The molecule has 0 aliphatic heterocycles. The van der Waals surface area contributed by atoms with Gasteiger partial charge < -0.3 is 23.8 Å². The smallest absolute Gasteiger partial charge is 0.265 e. The number of carbonyl (C=O) groups is 1. The van der Waals surface area contributed by atoms with Crippen molar-refractivity contribution in [2.24, 2.45) is 0 Å². The average molecular weight is 467 g/mol. The molecule has 9 nitrogen and oxygen atoms in total. The van der Waals surface area contributed by atoms with E-state index in [4.69, 9.17) is 18.9 Å². The van der Waals surface area contributed by atoms with E-state index in [1.807, 2.05) is 13.8 Å². The fourth-order valence-electron chi connectivity index (χ4n) is 3.19. The summed E-state index contributed by atoms with van der Waals surface area (Å²) in [6.07, 6.45) is 0. The summed E-state index contributed by atoms with van der Waals surface area (Å²) in [4.78, 5) is 14.4. The normalized spacial score (nSPS) is 10.9. The molecule has 2 aromatic rings. The van der Waals surface area contributed by atoms with Crippen molar-refractivity contribution in [3.8, 4) is 23.0 Å². The highest BCUT2D eigenvalue weighted by molar-refractivity contribution is 7.92. The molecule has 0 aromatic heterocycles. The van der Waals surface area contributed by atoms with Gasteiger partial charge in [0.25, 0.3) is 10.0 Å². The summed E-state index contributed by atoms with van der Waals surface area (Å²) in [6, 6.07) is 9.02. The van der Waals surface area contributed by atoms with Crippen LogP contribution >= 0.6 is 0 Å². The lowest BCUT2D eigenvalue weighted by molar-refractivity contribution is -0.129. The molecule has 1 amide bonds. The third kappa shape index (κ3) is 5.18. The van der Waals surface area contributed by atoms with Gasteiger partial charge in [0.1, 0.15) is 18.0 Å². The van der Waals surface area contributed by atoms with Crippen molar-refractivity contribution < 1.29 is 32.2 Å². The highest BCUT2D eigenvalue weighted by Gasteiger charge is 2.31. The first-order valence-corrected chi connectivity index (χ1v) is 11.5. The van der Waals surface area contributed by atoms with E-state index < -0.39 is 16.6 Å². The number of amides is 1. The molecule has 0 aliphatic rings. The predicted octanol–water partition coefficient (Wildman–Crippen LogP) is 2.78. The van der Waals surface area contributed by atoms with Crippen molar-refractivity contribution in [3.63, 3.8) is 0 Å². The molecule has 0 saturated carbocycles. The summed E-state index contributed by atoms with van der Waals surface area (Å²) in [7, 11) is 1.58. The molecule has 176 valence electrons. The molecule has 0 spiro atoms. The molecule has 0 bridgehead atoms. The van der Waals surface area contributed by atoms with Crippen LogP contribution in [0.1, 0.15) is 13.8 Å². The number of rotatable bonds is 11. The van der Waals surface area contributed by atoms with Crippen molar-refractivity contribution in [1.29, 1.82) is 0 Å². The molecule has 0 saturated heterocycles. The van der Waals surface area contributed by atoms with E-state index in [2.05, 4.69) is 0 Å². The number of ether oxygens (including phenoxy) is 4. The zero-order chi connectivity index (χ0) is 23.9. The summed E-state index contributed by atoms with van der Waals surface area (Å²) < 4.78 is 49.7. The lowest BCUT2D eigenvalue weighted by Gasteiger charge is -2.28. The largest absolute Gasteiger partial charge is 0.497 e. The van der Waals surface area contributed by atoms with Crippen molar-refractivity contribution >= 4 is 21.6 Å². The van der Waals surface area contributed by atoms with Crippen LogP contribution < -0.4 is 23.3 Å². The topological polar surface area (TPSA) is 94.6 Å². The Balaban J connectivity index is 2.69. The first-order chi connectivity index (χ1) is 15.3. The molecule has 0 heterocycles. The highest BCUT2D eigenvalue weighted by Crippen LogP contribution is 2.37. The summed E-state index contributed by atoms with van der Waals surface area (Å²) in [6.45, 7) is 4.16. The first-order valence-electron chi connectivity index (χ1n) is 10.0. The van der Waals surface area contributed by atoms with Gasteiger partial charge in [-0.1, -0.05) is 0 Å². The van der Waals surface area contributed by atoms with Crippen LogP contribution in [0.2, 0.25) is 0 Å². The van der Waals surface area contributed by atoms with Crippen LogP contribution in [0.3, 0.4) is 0 Å². The van der Waals surface area contributed by atoms with Gasteiger partial charge in [-0.3, -0.25) is 9.10 Å². The lowest BCUT2D eigenvalue weighted by Crippen LogP contribution is -2.43. The van der Waals surface area contributed by atoms with Gasteiger partial charge in [0, 0.05) is 25.2 Å². The Morgan fingerprint density at radius 3 is 1.94 bits per heavy atom. The molecule has 0 fully saturated rings. The molecule has 0 atom stereocenters. The van der Waals surface area contributed by atoms with Gasteiger partial charge >= 0.3 is 0 Å². The summed E-state index contributed by atoms with van der Waals surface area (Å²) >= 11 is 0. The van der Waals surface area contributed by atoms with Gasteiger partial charge in [-0.2, -0.15) is 0 Å². The van der Waals surface area contributed by atoms with E-state index in [9.17, 15) is 13.2 Å². The Morgan fingerprint density at radius 2 is 1.41 bits per heavy atom. The Labute approximate surface area is 189 Å². The van der Waals surface area contributed by atoms with E-state index in [0.717, 1.165) is 4.31 Å². The van der Waals surface area contributed by atoms with Crippen molar-refractivity contribution in [2.45, 2.75) is 18.7 Å². The van der Waals surface area contributed by atoms with Gasteiger partial charge in [-0.25, -0.2) is 8.42 Å². The number of hydrogen-bond donors (Lipinski definition) is 0. The SMILES string of the molecule is CCN(CC)C(=O)CN(c1cc(OC)ccc1OC)S(=O)(=O)c1ccc(OC)c(OC)c1. The molecule has 0 radical (unpaired) electrons. The number of anilines is 1. The molecule has 32 heavy (non-hydrogen) atoms. The highest BCUT2D eigenvalue weighted by atomic mass is 32.2. The van der Waals surface area contributed by atoms with Gasteiger partial charge in [-0.05, 0) is 38.1 Å². The zero-order valence-electron chi connectivity index (χ0n) is 19.2. The Hall–Kier alpha value is -3.14. The second-order valence-electron chi connectivity index (χ2n) is 6.63. The molecule has 0 N–H and O–H groups in total. The van der Waals surface area contributed by atoms with E-state index in [0.29, 0.717) is 24.6 Å². The monoisotopic (exact) mass is 466 g/mol. The van der Waals surface area contributed by atoms with E-state index in [-0.39, 0.29) is 28.0 Å². The van der Waals surface area contributed by atoms with Crippen molar-refractivity contribution in [1.82, 2.24) is 4.90 Å². The van der Waals surface area contributed by atoms with E-state index in [1.165, 1.54) is 52.7 Å². The van der Waals surface area contributed by atoms with Gasteiger partial charge in [-0.15, -0.1) is 0 Å². The number of sulfonamides is 1. The fourth-order valence-corrected chi connectivity index (χ4v) is 4.63. The van der Waals surface area contributed by atoms with E-state index >= 15 is 0 Å². The molecule has 0 aliphatic carbocycles. The third-order valence-corrected chi connectivity index (χ3v) is 6.75. The Kier molecular flexibility index (Phi) is 8.59. The quantitative estimate of drug-likeness (QED) is 0.503. The van der Waals surface area contributed by atoms with Gasteiger partial charge in [0.2, 0.25) is 5.91 Å². The van der Waals surface area contributed by atoms with Crippen LogP contribution in [-0.4, -0.2) is 67.3 Å². The second kappa shape index (κ2) is 10.9. The number of methoxy groups -OCH3 is 4. The molecule has 0 unspecified atom stereocenters. The van der Waals surface area contributed by atoms with Crippen LogP contribution in [0.5, 0.6) is 23.0 Å². The van der Waals surface area contributed by atoms with Gasteiger partial charge in [0.05, 0.1) is 39.0 Å². The maximum atomic E-state index is 13.8. The summed E-state index contributed by atoms with van der Waals surface area (Å²) in [5.41, 5.74) is 0.183.